The third-order valence-corrected chi connectivity index (χ3v) is 6.80. The number of rotatable bonds is 8. The van der Waals surface area contributed by atoms with Crippen LogP contribution in [0.4, 0.5) is 0 Å². The van der Waals surface area contributed by atoms with Crippen LogP contribution in [0.15, 0.2) is 69.7 Å². The summed E-state index contributed by atoms with van der Waals surface area (Å²) in [6.07, 6.45) is 5.49. The first kappa shape index (κ1) is 22.6. The Labute approximate surface area is 199 Å². The van der Waals surface area contributed by atoms with Crippen LogP contribution in [0, 0.1) is 0 Å². The normalized spacial score (nSPS) is 16.4. The third kappa shape index (κ3) is 4.74. The van der Waals surface area contributed by atoms with Gasteiger partial charge in [0.15, 0.2) is 5.11 Å². The fraction of sp³-hybridized carbons (Fsp3) is 0.320. The molecule has 166 valence electrons. The molecule has 1 aliphatic heterocycles. The number of thioether (sulfide) groups is 1. The quantitative estimate of drug-likeness (QED) is 0.238. The molecule has 1 unspecified atom stereocenters. The van der Waals surface area contributed by atoms with Crippen molar-refractivity contribution >= 4 is 34.7 Å². The topological polar surface area (TPSA) is 54.2 Å². The second-order valence-corrected chi connectivity index (χ2v) is 9.07. The van der Waals surface area contributed by atoms with Crippen LogP contribution in [0.1, 0.15) is 50.6 Å². The van der Waals surface area contributed by atoms with Crippen molar-refractivity contribution in [2.24, 2.45) is 0 Å². The molecule has 1 N–H and O–H groups in total. The summed E-state index contributed by atoms with van der Waals surface area (Å²) in [5, 5.41) is 8.55. The molecule has 1 atom stereocenters. The van der Waals surface area contributed by atoms with Gasteiger partial charge in [0.05, 0.1) is 11.6 Å². The molecule has 0 amide bonds. The summed E-state index contributed by atoms with van der Waals surface area (Å²) >= 11 is 7.50. The molecule has 0 bridgehead atoms. The van der Waals surface area contributed by atoms with Gasteiger partial charge in [0, 0.05) is 22.7 Å². The largest absolute Gasteiger partial charge is 0.351 e. The monoisotopic (exact) mass is 464 g/mol. The standard InChI is InChI=1S/C25H28N4OS2/c1-4-5-9-16-29-17(2)21(24-27-23(28-30-24)19-10-7-6-8-11-19)22(26-25(29)31)18-12-14-20(32-3)15-13-18/h6-8,10-15,22H,4-5,9,16H2,1-3H3,(H,26,31). The molecule has 3 aromatic rings. The first-order valence-corrected chi connectivity index (χ1v) is 12.6. The first-order valence-electron chi connectivity index (χ1n) is 10.9. The van der Waals surface area contributed by atoms with Crippen molar-refractivity contribution in [1.82, 2.24) is 20.4 Å². The second kappa shape index (κ2) is 10.3. The van der Waals surface area contributed by atoms with Gasteiger partial charge in [0.1, 0.15) is 0 Å². The summed E-state index contributed by atoms with van der Waals surface area (Å²) in [4.78, 5) is 8.16. The molecule has 5 nitrogen and oxygen atoms in total. The smallest absolute Gasteiger partial charge is 0.258 e. The van der Waals surface area contributed by atoms with E-state index in [0.717, 1.165) is 46.9 Å². The number of hydrogen-bond acceptors (Lipinski definition) is 5. The van der Waals surface area contributed by atoms with Gasteiger partial charge >= 0.3 is 0 Å². The Hall–Kier alpha value is -2.64. The lowest BCUT2D eigenvalue weighted by atomic mass is 9.94. The van der Waals surface area contributed by atoms with Gasteiger partial charge in [-0.1, -0.05) is 67.4 Å². The lowest BCUT2D eigenvalue weighted by molar-refractivity contribution is 0.395. The van der Waals surface area contributed by atoms with E-state index < -0.39 is 0 Å². The fourth-order valence-corrected chi connectivity index (χ4v) is 4.69. The van der Waals surface area contributed by atoms with E-state index in [0.29, 0.717) is 11.7 Å². The number of benzene rings is 2. The number of nitrogens with zero attached hydrogens (tertiary/aromatic N) is 3. The van der Waals surface area contributed by atoms with E-state index in [2.05, 4.69) is 59.7 Å². The van der Waals surface area contributed by atoms with Crippen LogP contribution in [-0.2, 0) is 0 Å². The molecule has 1 aliphatic rings. The van der Waals surface area contributed by atoms with Gasteiger partial charge in [-0.15, -0.1) is 11.8 Å². The van der Waals surface area contributed by atoms with Crippen molar-refractivity contribution in [2.45, 2.75) is 44.0 Å². The molecule has 2 aromatic carbocycles. The minimum atomic E-state index is -0.148. The summed E-state index contributed by atoms with van der Waals surface area (Å²) < 4.78 is 5.80. The van der Waals surface area contributed by atoms with Gasteiger partial charge in [-0.25, -0.2) is 0 Å². The Balaban J connectivity index is 1.76. The van der Waals surface area contributed by atoms with Crippen LogP contribution in [-0.4, -0.2) is 33.0 Å². The summed E-state index contributed by atoms with van der Waals surface area (Å²) in [5.74, 6) is 1.11. The van der Waals surface area contributed by atoms with Crippen molar-refractivity contribution < 1.29 is 4.52 Å². The second-order valence-electron chi connectivity index (χ2n) is 7.80. The van der Waals surface area contributed by atoms with Crippen molar-refractivity contribution in [1.29, 1.82) is 0 Å². The maximum absolute atomic E-state index is 5.80. The summed E-state index contributed by atoms with van der Waals surface area (Å²) in [5.41, 5.74) is 4.08. The Kier molecular flexibility index (Phi) is 7.27. The fourth-order valence-electron chi connectivity index (χ4n) is 3.93. The lowest BCUT2D eigenvalue weighted by Gasteiger charge is -2.37. The zero-order valence-electron chi connectivity index (χ0n) is 18.7. The Morgan fingerprint density at radius 3 is 2.53 bits per heavy atom. The van der Waals surface area contributed by atoms with Crippen LogP contribution >= 0.6 is 24.0 Å². The molecule has 0 saturated carbocycles. The first-order chi connectivity index (χ1) is 15.6. The number of allylic oxidation sites excluding steroid dienone is 1. The third-order valence-electron chi connectivity index (χ3n) is 5.72. The molecule has 0 aliphatic carbocycles. The van der Waals surface area contributed by atoms with E-state index in [9.17, 15) is 0 Å². The minimum absolute atomic E-state index is 0.148. The molecule has 32 heavy (non-hydrogen) atoms. The highest BCUT2D eigenvalue weighted by molar-refractivity contribution is 7.98. The van der Waals surface area contributed by atoms with Gasteiger partial charge < -0.3 is 14.7 Å². The van der Waals surface area contributed by atoms with Crippen molar-refractivity contribution in [2.75, 3.05) is 12.8 Å². The predicted octanol–water partition coefficient (Wildman–Crippen LogP) is 6.31. The highest BCUT2D eigenvalue weighted by atomic mass is 32.2. The molecule has 1 aromatic heterocycles. The van der Waals surface area contributed by atoms with Crippen molar-refractivity contribution in [3.8, 4) is 11.4 Å². The van der Waals surface area contributed by atoms with E-state index in [1.165, 1.54) is 11.3 Å². The van der Waals surface area contributed by atoms with Crippen molar-refractivity contribution in [3.05, 3.63) is 71.7 Å². The molecule has 0 fully saturated rings. The Morgan fingerprint density at radius 1 is 1.09 bits per heavy atom. The number of hydrogen-bond donors (Lipinski definition) is 1. The van der Waals surface area contributed by atoms with Crippen molar-refractivity contribution in [3.63, 3.8) is 0 Å². The average molecular weight is 465 g/mol. The molecular weight excluding hydrogens is 436 g/mol. The predicted molar refractivity (Wildman–Crippen MR) is 135 cm³/mol. The maximum atomic E-state index is 5.80. The van der Waals surface area contributed by atoms with E-state index in [1.807, 2.05) is 30.3 Å². The van der Waals surface area contributed by atoms with Gasteiger partial charge in [-0.3, -0.25) is 0 Å². The number of thiocarbonyl (C=S) groups is 1. The van der Waals surface area contributed by atoms with E-state index in [4.69, 9.17) is 21.7 Å². The molecule has 0 radical (unpaired) electrons. The summed E-state index contributed by atoms with van der Waals surface area (Å²) in [6, 6.07) is 18.3. The number of aromatic nitrogens is 2. The lowest BCUT2D eigenvalue weighted by Crippen LogP contribution is -2.46. The van der Waals surface area contributed by atoms with Gasteiger partial charge in [-0.05, 0) is 49.5 Å². The molecule has 0 spiro atoms. The van der Waals surface area contributed by atoms with Gasteiger partial charge in [0.2, 0.25) is 5.82 Å². The van der Waals surface area contributed by atoms with Crippen LogP contribution in [0.3, 0.4) is 0 Å². The molecule has 4 rings (SSSR count). The average Bonchev–Trinajstić information content (AvgIpc) is 3.31. The molecule has 0 saturated heterocycles. The molecule has 2 heterocycles. The maximum Gasteiger partial charge on any atom is 0.258 e. The van der Waals surface area contributed by atoms with E-state index in [1.54, 1.807) is 11.8 Å². The van der Waals surface area contributed by atoms with Crippen LogP contribution in [0.2, 0.25) is 0 Å². The van der Waals surface area contributed by atoms with E-state index >= 15 is 0 Å². The van der Waals surface area contributed by atoms with Gasteiger partial charge in [0.25, 0.3) is 5.89 Å². The highest BCUT2D eigenvalue weighted by Gasteiger charge is 2.33. The van der Waals surface area contributed by atoms with Crippen LogP contribution in [0.25, 0.3) is 17.0 Å². The molecular formula is C25H28N4OS2. The van der Waals surface area contributed by atoms with Crippen LogP contribution in [0.5, 0.6) is 0 Å². The summed E-state index contributed by atoms with van der Waals surface area (Å²) in [7, 11) is 0. The van der Waals surface area contributed by atoms with Crippen LogP contribution < -0.4 is 5.32 Å². The van der Waals surface area contributed by atoms with E-state index in [-0.39, 0.29) is 6.04 Å². The highest BCUT2D eigenvalue weighted by Crippen LogP contribution is 2.38. The zero-order valence-corrected chi connectivity index (χ0v) is 20.3. The minimum Gasteiger partial charge on any atom is -0.351 e. The van der Waals surface area contributed by atoms with Gasteiger partial charge in [-0.2, -0.15) is 4.98 Å². The Bertz CT molecular complexity index is 1090. The molecule has 7 heteroatoms. The number of unbranched alkanes of at least 4 members (excludes halogenated alkanes) is 2. The summed E-state index contributed by atoms with van der Waals surface area (Å²) in [6.45, 7) is 5.18. The zero-order chi connectivity index (χ0) is 22.5. The Morgan fingerprint density at radius 2 is 1.84 bits per heavy atom. The number of nitrogens with one attached hydrogen (secondary N) is 1. The SMILES string of the molecule is CCCCCN1C(=S)NC(c2ccc(SC)cc2)C(c2nc(-c3ccccc3)no2)=C1C.